The molecule has 0 bridgehead atoms. The third-order valence-electron chi connectivity index (χ3n) is 5.14. The zero-order chi connectivity index (χ0) is 18.6. The largest absolute Gasteiger partial charge is 0.497 e. The standard InChI is InChI=1S/C22H24N2O3/c1-26-17-8-6-16(7-9-17)22-19(18-4-2-3-5-20(18)23-22)10-11-21(25)24-12-14-27-15-13-24/h2-9,23H,10-15H2,1H3. The number of hydrogen-bond acceptors (Lipinski definition) is 3. The molecule has 1 amide bonds. The summed E-state index contributed by atoms with van der Waals surface area (Å²) in [5.74, 6) is 1.03. The van der Waals surface area contributed by atoms with E-state index in [0.717, 1.165) is 22.5 Å². The molecule has 0 unspecified atom stereocenters. The highest BCUT2D eigenvalue weighted by Gasteiger charge is 2.19. The van der Waals surface area contributed by atoms with E-state index in [1.807, 2.05) is 29.2 Å². The molecule has 1 fully saturated rings. The molecule has 2 heterocycles. The molecule has 5 heteroatoms. The Morgan fingerprint density at radius 1 is 1.11 bits per heavy atom. The molecule has 5 nitrogen and oxygen atoms in total. The van der Waals surface area contributed by atoms with E-state index < -0.39 is 0 Å². The van der Waals surface area contributed by atoms with E-state index in [4.69, 9.17) is 9.47 Å². The number of benzene rings is 2. The predicted molar refractivity (Wildman–Crippen MR) is 106 cm³/mol. The van der Waals surface area contributed by atoms with Crippen LogP contribution in [0.1, 0.15) is 12.0 Å². The summed E-state index contributed by atoms with van der Waals surface area (Å²) in [4.78, 5) is 18.0. The van der Waals surface area contributed by atoms with Gasteiger partial charge in [-0.25, -0.2) is 0 Å². The van der Waals surface area contributed by atoms with Gasteiger partial charge < -0.3 is 19.4 Å². The molecule has 0 radical (unpaired) electrons. The van der Waals surface area contributed by atoms with Crippen molar-refractivity contribution in [3.63, 3.8) is 0 Å². The molecule has 0 saturated carbocycles. The lowest BCUT2D eigenvalue weighted by Gasteiger charge is -2.26. The van der Waals surface area contributed by atoms with Gasteiger partial charge >= 0.3 is 0 Å². The van der Waals surface area contributed by atoms with Gasteiger partial charge in [0, 0.05) is 36.1 Å². The maximum atomic E-state index is 12.6. The minimum absolute atomic E-state index is 0.198. The van der Waals surface area contributed by atoms with Crippen molar-refractivity contribution in [3.05, 3.63) is 54.1 Å². The van der Waals surface area contributed by atoms with Crippen molar-refractivity contribution in [2.45, 2.75) is 12.8 Å². The number of aromatic nitrogens is 1. The number of hydrogen-bond donors (Lipinski definition) is 1. The Hall–Kier alpha value is -2.79. The summed E-state index contributed by atoms with van der Waals surface area (Å²) in [6, 6.07) is 16.3. The lowest BCUT2D eigenvalue weighted by molar-refractivity contribution is -0.135. The molecule has 27 heavy (non-hydrogen) atoms. The Bertz CT molecular complexity index is 924. The molecule has 1 N–H and O–H groups in total. The SMILES string of the molecule is COc1ccc(-c2[nH]c3ccccc3c2CCC(=O)N2CCOCC2)cc1. The molecule has 1 aliphatic rings. The molecular formula is C22H24N2O3. The smallest absolute Gasteiger partial charge is 0.223 e. The number of H-pyrrole nitrogens is 1. The predicted octanol–water partition coefficient (Wildman–Crippen LogP) is 3.63. The van der Waals surface area contributed by atoms with Gasteiger partial charge in [0.25, 0.3) is 0 Å². The van der Waals surface area contributed by atoms with Crippen molar-refractivity contribution in [2.75, 3.05) is 33.4 Å². The number of para-hydroxylation sites is 1. The second kappa shape index (κ2) is 7.84. The Kier molecular flexibility index (Phi) is 5.12. The molecule has 1 aromatic heterocycles. The van der Waals surface area contributed by atoms with Crippen LogP contribution >= 0.6 is 0 Å². The number of rotatable bonds is 5. The van der Waals surface area contributed by atoms with E-state index in [-0.39, 0.29) is 5.91 Å². The number of carbonyl (C=O) groups is 1. The summed E-state index contributed by atoms with van der Waals surface area (Å²) in [5, 5.41) is 1.18. The summed E-state index contributed by atoms with van der Waals surface area (Å²) in [6.07, 6.45) is 1.21. The molecule has 4 rings (SSSR count). The lowest BCUT2D eigenvalue weighted by Crippen LogP contribution is -2.40. The summed E-state index contributed by atoms with van der Waals surface area (Å²) in [7, 11) is 1.67. The molecule has 140 valence electrons. The summed E-state index contributed by atoms with van der Waals surface area (Å²) < 4.78 is 10.6. The van der Waals surface area contributed by atoms with Crippen LogP contribution in [0.4, 0.5) is 0 Å². The number of morpholine rings is 1. The van der Waals surface area contributed by atoms with Crippen LogP contribution in [-0.2, 0) is 16.0 Å². The van der Waals surface area contributed by atoms with Gasteiger partial charge in [-0.05, 0) is 47.9 Å². The van der Waals surface area contributed by atoms with Gasteiger partial charge in [0.15, 0.2) is 0 Å². The first-order chi connectivity index (χ1) is 13.3. The molecule has 0 spiro atoms. The van der Waals surface area contributed by atoms with E-state index in [9.17, 15) is 4.79 Å². The number of nitrogens with zero attached hydrogens (tertiary/aromatic N) is 1. The number of carbonyl (C=O) groups excluding carboxylic acids is 1. The van der Waals surface area contributed by atoms with Crippen LogP contribution < -0.4 is 4.74 Å². The zero-order valence-corrected chi connectivity index (χ0v) is 15.5. The highest BCUT2D eigenvalue weighted by Crippen LogP contribution is 2.32. The van der Waals surface area contributed by atoms with E-state index in [2.05, 4.69) is 29.2 Å². The van der Waals surface area contributed by atoms with Gasteiger partial charge in [-0.15, -0.1) is 0 Å². The topological polar surface area (TPSA) is 54.6 Å². The second-order valence-corrected chi connectivity index (χ2v) is 6.75. The number of fused-ring (bicyclic) bond motifs is 1. The van der Waals surface area contributed by atoms with E-state index >= 15 is 0 Å². The number of aromatic amines is 1. The number of ether oxygens (including phenoxy) is 2. The van der Waals surface area contributed by atoms with E-state index in [1.54, 1.807) is 7.11 Å². The number of methoxy groups -OCH3 is 1. The first-order valence-electron chi connectivity index (χ1n) is 9.36. The minimum Gasteiger partial charge on any atom is -0.497 e. The van der Waals surface area contributed by atoms with Crippen LogP contribution in [0.3, 0.4) is 0 Å². The van der Waals surface area contributed by atoms with Gasteiger partial charge in [-0.2, -0.15) is 0 Å². The maximum absolute atomic E-state index is 12.6. The summed E-state index contributed by atoms with van der Waals surface area (Å²) in [5.41, 5.74) is 4.46. The van der Waals surface area contributed by atoms with Crippen LogP contribution in [-0.4, -0.2) is 49.2 Å². The van der Waals surface area contributed by atoms with Crippen LogP contribution in [0.25, 0.3) is 22.2 Å². The van der Waals surface area contributed by atoms with Crippen LogP contribution in [0.2, 0.25) is 0 Å². The Morgan fingerprint density at radius 3 is 2.59 bits per heavy atom. The Balaban J connectivity index is 1.62. The van der Waals surface area contributed by atoms with Crippen LogP contribution in [0, 0.1) is 0 Å². The van der Waals surface area contributed by atoms with Crippen molar-refractivity contribution in [1.29, 1.82) is 0 Å². The van der Waals surface area contributed by atoms with Crippen molar-refractivity contribution in [2.24, 2.45) is 0 Å². The Labute approximate surface area is 158 Å². The van der Waals surface area contributed by atoms with Crippen LogP contribution in [0.15, 0.2) is 48.5 Å². The minimum atomic E-state index is 0.198. The molecule has 0 atom stereocenters. The highest BCUT2D eigenvalue weighted by molar-refractivity contribution is 5.91. The quantitative estimate of drug-likeness (QED) is 0.752. The van der Waals surface area contributed by atoms with Crippen LogP contribution in [0.5, 0.6) is 5.75 Å². The fourth-order valence-corrected chi connectivity index (χ4v) is 3.67. The number of nitrogens with one attached hydrogen (secondary N) is 1. The van der Waals surface area contributed by atoms with Crippen molar-refractivity contribution in [1.82, 2.24) is 9.88 Å². The summed E-state index contributed by atoms with van der Waals surface area (Å²) in [6.45, 7) is 2.65. The molecule has 1 aliphatic heterocycles. The fourth-order valence-electron chi connectivity index (χ4n) is 3.67. The molecule has 3 aromatic rings. The van der Waals surface area contributed by atoms with Gasteiger partial charge in [0.05, 0.1) is 20.3 Å². The van der Waals surface area contributed by atoms with E-state index in [1.165, 1.54) is 10.9 Å². The monoisotopic (exact) mass is 364 g/mol. The van der Waals surface area contributed by atoms with Gasteiger partial charge in [0.1, 0.15) is 5.75 Å². The van der Waals surface area contributed by atoms with Crippen molar-refractivity contribution >= 4 is 16.8 Å². The average molecular weight is 364 g/mol. The average Bonchev–Trinajstić information content (AvgIpc) is 3.11. The fraction of sp³-hybridized carbons (Fsp3) is 0.318. The van der Waals surface area contributed by atoms with Gasteiger partial charge in [-0.1, -0.05) is 18.2 Å². The third-order valence-corrected chi connectivity index (χ3v) is 5.14. The highest BCUT2D eigenvalue weighted by atomic mass is 16.5. The van der Waals surface area contributed by atoms with Crippen molar-refractivity contribution in [3.8, 4) is 17.0 Å². The number of amides is 1. The lowest BCUT2D eigenvalue weighted by atomic mass is 10.0. The maximum Gasteiger partial charge on any atom is 0.223 e. The van der Waals surface area contributed by atoms with Gasteiger partial charge in [0.2, 0.25) is 5.91 Å². The normalized spacial score (nSPS) is 14.5. The second-order valence-electron chi connectivity index (χ2n) is 6.75. The summed E-state index contributed by atoms with van der Waals surface area (Å²) >= 11 is 0. The van der Waals surface area contributed by atoms with Crippen molar-refractivity contribution < 1.29 is 14.3 Å². The molecular weight excluding hydrogens is 340 g/mol. The zero-order valence-electron chi connectivity index (χ0n) is 15.5. The Morgan fingerprint density at radius 2 is 1.85 bits per heavy atom. The third kappa shape index (κ3) is 3.69. The molecule has 1 saturated heterocycles. The van der Waals surface area contributed by atoms with E-state index in [0.29, 0.717) is 39.1 Å². The molecule has 2 aromatic carbocycles. The number of aryl methyl sites for hydroxylation is 1. The first-order valence-corrected chi connectivity index (χ1v) is 9.36. The van der Waals surface area contributed by atoms with Gasteiger partial charge in [-0.3, -0.25) is 4.79 Å². The molecule has 0 aliphatic carbocycles. The first kappa shape index (κ1) is 17.6.